The summed E-state index contributed by atoms with van der Waals surface area (Å²) < 4.78 is 0. The lowest BCUT2D eigenvalue weighted by Crippen LogP contribution is -2.42. The summed E-state index contributed by atoms with van der Waals surface area (Å²) in [5.41, 5.74) is 0.627. The predicted octanol–water partition coefficient (Wildman–Crippen LogP) is 2.17. The van der Waals surface area contributed by atoms with E-state index in [0.717, 1.165) is 25.9 Å². The number of phenols is 1. The monoisotopic (exact) mass is 282 g/mol. The number of hydrogen-bond acceptors (Lipinski definition) is 3. The van der Waals surface area contributed by atoms with Crippen LogP contribution in [-0.2, 0) is 0 Å². The second-order valence-corrected chi connectivity index (χ2v) is 5.82. The highest BCUT2D eigenvalue weighted by Crippen LogP contribution is 2.27. The number of nitrogens with one attached hydrogen (secondary N) is 2. The topological polar surface area (TPSA) is 61.4 Å². The Labute approximate surface area is 118 Å². The summed E-state index contributed by atoms with van der Waals surface area (Å²) in [6.45, 7) is 4.85. The molecule has 1 saturated heterocycles. The Bertz CT molecular complexity index is 471. The van der Waals surface area contributed by atoms with Gasteiger partial charge in [-0.05, 0) is 49.5 Å². The molecule has 3 N–H and O–H groups in total. The Morgan fingerprint density at radius 3 is 2.79 bits per heavy atom. The number of aromatic hydroxyl groups is 1. The van der Waals surface area contributed by atoms with Crippen LogP contribution in [-0.4, -0.2) is 30.6 Å². The minimum Gasteiger partial charge on any atom is -0.506 e. The van der Waals surface area contributed by atoms with Crippen molar-refractivity contribution in [3.63, 3.8) is 0 Å². The average Bonchev–Trinajstić information content (AvgIpc) is 2.40. The fraction of sp³-hybridized carbons (Fsp3) is 0.500. The van der Waals surface area contributed by atoms with Crippen molar-refractivity contribution in [2.45, 2.75) is 19.8 Å². The molecule has 19 heavy (non-hydrogen) atoms. The van der Waals surface area contributed by atoms with Crippen molar-refractivity contribution in [1.82, 2.24) is 10.6 Å². The first-order valence-corrected chi connectivity index (χ1v) is 6.85. The number of amides is 1. The van der Waals surface area contributed by atoms with E-state index in [2.05, 4.69) is 17.6 Å². The van der Waals surface area contributed by atoms with Crippen LogP contribution in [0.2, 0.25) is 5.02 Å². The third-order valence-corrected chi connectivity index (χ3v) is 4.00. The number of hydrogen-bond donors (Lipinski definition) is 3. The molecule has 0 aromatic heterocycles. The first-order chi connectivity index (χ1) is 9.00. The number of phenolic OH excluding ortho intramolecular Hbond substituents is 1. The third-order valence-electron chi connectivity index (χ3n) is 3.70. The van der Waals surface area contributed by atoms with Gasteiger partial charge in [0, 0.05) is 12.1 Å². The van der Waals surface area contributed by atoms with Gasteiger partial charge in [0.15, 0.2) is 0 Å². The van der Waals surface area contributed by atoms with Crippen LogP contribution in [0.1, 0.15) is 30.1 Å². The second-order valence-electron chi connectivity index (χ2n) is 5.41. The molecule has 2 rings (SSSR count). The molecular weight excluding hydrogens is 264 g/mol. The van der Waals surface area contributed by atoms with Crippen molar-refractivity contribution in [3.8, 4) is 5.75 Å². The van der Waals surface area contributed by atoms with E-state index in [4.69, 9.17) is 11.6 Å². The summed E-state index contributed by atoms with van der Waals surface area (Å²) in [6, 6.07) is 4.49. The van der Waals surface area contributed by atoms with Gasteiger partial charge in [-0.3, -0.25) is 4.79 Å². The molecule has 1 fully saturated rings. The van der Waals surface area contributed by atoms with E-state index in [1.165, 1.54) is 12.1 Å². The first kappa shape index (κ1) is 14.2. The minimum atomic E-state index is -0.151. The van der Waals surface area contributed by atoms with Gasteiger partial charge < -0.3 is 15.7 Å². The van der Waals surface area contributed by atoms with Crippen molar-refractivity contribution in [3.05, 3.63) is 28.8 Å². The third kappa shape index (κ3) is 3.61. The maximum Gasteiger partial charge on any atom is 0.251 e. The maximum atomic E-state index is 12.0. The summed E-state index contributed by atoms with van der Waals surface area (Å²) in [4.78, 5) is 12.0. The smallest absolute Gasteiger partial charge is 0.251 e. The Hall–Kier alpha value is -1.26. The van der Waals surface area contributed by atoms with Crippen molar-refractivity contribution in [2.75, 3.05) is 19.6 Å². The van der Waals surface area contributed by atoms with Crippen LogP contribution in [0.25, 0.3) is 0 Å². The van der Waals surface area contributed by atoms with Gasteiger partial charge in [0.1, 0.15) is 5.75 Å². The molecule has 0 atom stereocenters. The van der Waals surface area contributed by atoms with Crippen molar-refractivity contribution < 1.29 is 9.90 Å². The summed E-state index contributed by atoms with van der Waals surface area (Å²) in [5, 5.41) is 15.8. The van der Waals surface area contributed by atoms with Crippen LogP contribution in [0.4, 0.5) is 0 Å². The van der Waals surface area contributed by atoms with Gasteiger partial charge in [0.05, 0.1) is 5.02 Å². The lowest BCUT2D eigenvalue weighted by molar-refractivity contribution is 0.0922. The van der Waals surface area contributed by atoms with E-state index in [9.17, 15) is 9.90 Å². The molecule has 0 spiro atoms. The summed E-state index contributed by atoms with van der Waals surface area (Å²) in [6.07, 6.45) is 2.12. The second kappa shape index (κ2) is 5.80. The molecule has 1 heterocycles. The molecular formula is C14H19ClN2O2. The van der Waals surface area contributed by atoms with Crippen LogP contribution >= 0.6 is 11.6 Å². The molecule has 4 nitrogen and oxygen atoms in total. The fourth-order valence-corrected chi connectivity index (χ4v) is 2.43. The Morgan fingerprint density at radius 2 is 2.16 bits per heavy atom. The normalized spacial score (nSPS) is 18.0. The highest BCUT2D eigenvalue weighted by molar-refractivity contribution is 6.32. The number of benzene rings is 1. The number of carbonyl (C=O) groups excluding carboxylic acids is 1. The van der Waals surface area contributed by atoms with E-state index in [0.29, 0.717) is 12.1 Å². The van der Waals surface area contributed by atoms with E-state index in [1.807, 2.05) is 0 Å². The molecule has 1 aliphatic rings. The standard InChI is InChI=1S/C14H19ClN2O2/c1-14(4-6-16-7-5-14)9-17-13(19)10-2-3-12(18)11(15)8-10/h2-3,8,16,18H,4-7,9H2,1H3,(H,17,19). The number of carbonyl (C=O) groups is 1. The Kier molecular flexibility index (Phi) is 4.32. The zero-order valence-electron chi connectivity index (χ0n) is 11.0. The van der Waals surface area contributed by atoms with Crippen LogP contribution in [0.3, 0.4) is 0 Å². The first-order valence-electron chi connectivity index (χ1n) is 6.48. The lowest BCUT2D eigenvalue weighted by atomic mass is 9.81. The fourth-order valence-electron chi connectivity index (χ4n) is 2.25. The molecule has 1 aromatic carbocycles. The van der Waals surface area contributed by atoms with Gasteiger partial charge >= 0.3 is 0 Å². The number of rotatable bonds is 3. The van der Waals surface area contributed by atoms with Gasteiger partial charge in [-0.25, -0.2) is 0 Å². The molecule has 1 amide bonds. The summed E-state index contributed by atoms with van der Waals surface area (Å²) in [7, 11) is 0. The van der Waals surface area contributed by atoms with Gasteiger partial charge in [-0.2, -0.15) is 0 Å². The van der Waals surface area contributed by atoms with Crippen LogP contribution in [0.15, 0.2) is 18.2 Å². The molecule has 0 saturated carbocycles. The lowest BCUT2D eigenvalue weighted by Gasteiger charge is -2.34. The minimum absolute atomic E-state index is 0.0106. The maximum absolute atomic E-state index is 12.0. The Morgan fingerprint density at radius 1 is 1.47 bits per heavy atom. The SMILES string of the molecule is CC1(CNC(=O)c2ccc(O)c(Cl)c2)CCNCC1. The number of piperidine rings is 1. The van der Waals surface area contributed by atoms with E-state index >= 15 is 0 Å². The largest absolute Gasteiger partial charge is 0.506 e. The molecule has 0 unspecified atom stereocenters. The quantitative estimate of drug-likeness (QED) is 0.796. The molecule has 0 bridgehead atoms. The summed E-state index contributed by atoms with van der Waals surface area (Å²) in [5.74, 6) is -0.162. The van der Waals surface area contributed by atoms with Gasteiger partial charge in [0.2, 0.25) is 0 Å². The molecule has 0 aliphatic carbocycles. The molecule has 0 radical (unpaired) electrons. The van der Waals surface area contributed by atoms with Gasteiger partial charge in [0.25, 0.3) is 5.91 Å². The van der Waals surface area contributed by atoms with Crippen LogP contribution < -0.4 is 10.6 Å². The molecule has 1 aromatic rings. The van der Waals surface area contributed by atoms with E-state index in [-0.39, 0.29) is 22.1 Å². The Balaban J connectivity index is 1.95. The van der Waals surface area contributed by atoms with Crippen molar-refractivity contribution in [1.29, 1.82) is 0 Å². The average molecular weight is 283 g/mol. The van der Waals surface area contributed by atoms with Gasteiger partial charge in [-0.1, -0.05) is 18.5 Å². The zero-order chi connectivity index (χ0) is 13.9. The van der Waals surface area contributed by atoms with E-state index in [1.54, 1.807) is 6.07 Å². The highest BCUT2D eigenvalue weighted by Gasteiger charge is 2.27. The van der Waals surface area contributed by atoms with Crippen LogP contribution in [0, 0.1) is 5.41 Å². The zero-order valence-corrected chi connectivity index (χ0v) is 11.8. The highest BCUT2D eigenvalue weighted by atomic mass is 35.5. The number of halogens is 1. The molecule has 5 heteroatoms. The predicted molar refractivity (Wildman–Crippen MR) is 75.7 cm³/mol. The van der Waals surface area contributed by atoms with Gasteiger partial charge in [-0.15, -0.1) is 0 Å². The summed E-state index contributed by atoms with van der Waals surface area (Å²) >= 11 is 5.80. The molecule has 1 aliphatic heterocycles. The van der Waals surface area contributed by atoms with E-state index < -0.39 is 0 Å². The van der Waals surface area contributed by atoms with Crippen molar-refractivity contribution in [2.24, 2.45) is 5.41 Å². The molecule has 104 valence electrons. The van der Waals surface area contributed by atoms with Crippen LogP contribution in [0.5, 0.6) is 5.75 Å². The van der Waals surface area contributed by atoms with Crippen molar-refractivity contribution >= 4 is 17.5 Å².